The molecule has 1 fully saturated rings. The summed E-state index contributed by atoms with van der Waals surface area (Å²) in [7, 11) is 0. The van der Waals surface area contributed by atoms with Crippen LogP contribution in [0.4, 0.5) is 0 Å². The SMILES string of the molecule is O=C(O)C1CCN(C(=O)c2cccc(O)c2)CC1. The van der Waals surface area contributed by atoms with Gasteiger partial charge in [-0.1, -0.05) is 6.07 Å². The van der Waals surface area contributed by atoms with Crippen LogP contribution in [0.25, 0.3) is 0 Å². The molecule has 1 aliphatic rings. The fourth-order valence-electron chi connectivity index (χ4n) is 2.15. The van der Waals surface area contributed by atoms with E-state index in [1.807, 2.05) is 0 Å². The summed E-state index contributed by atoms with van der Waals surface area (Å²) >= 11 is 0. The fourth-order valence-corrected chi connectivity index (χ4v) is 2.15. The molecule has 0 saturated carbocycles. The number of aromatic hydroxyl groups is 1. The third-order valence-electron chi connectivity index (χ3n) is 3.22. The van der Waals surface area contributed by atoms with Crippen LogP contribution in [0, 0.1) is 5.92 Å². The summed E-state index contributed by atoms with van der Waals surface area (Å²) < 4.78 is 0. The van der Waals surface area contributed by atoms with E-state index in [9.17, 15) is 14.7 Å². The summed E-state index contributed by atoms with van der Waals surface area (Å²) in [6, 6.07) is 6.19. The van der Waals surface area contributed by atoms with Gasteiger partial charge in [-0.05, 0) is 31.0 Å². The topological polar surface area (TPSA) is 77.8 Å². The number of aliphatic carboxylic acids is 1. The molecule has 1 aromatic carbocycles. The quantitative estimate of drug-likeness (QED) is 0.828. The first-order valence-corrected chi connectivity index (χ1v) is 5.89. The van der Waals surface area contributed by atoms with Crippen molar-refractivity contribution in [2.75, 3.05) is 13.1 Å². The Balaban J connectivity index is 2.02. The van der Waals surface area contributed by atoms with E-state index in [0.717, 1.165) is 0 Å². The molecule has 5 heteroatoms. The van der Waals surface area contributed by atoms with Gasteiger partial charge in [0.25, 0.3) is 5.91 Å². The lowest BCUT2D eigenvalue weighted by Crippen LogP contribution is -2.40. The maximum atomic E-state index is 12.1. The molecule has 0 bridgehead atoms. The molecule has 0 aliphatic carbocycles. The first-order chi connectivity index (χ1) is 8.58. The van der Waals surface area contributed by atoms with Crippen molar-refractivity contribution in [2.45, 2.75) is 12.8 Å². The number of likely N-dealkylation sites (tertiary alicyclic amines) is 1. The maximum absolute atomic E-state index is 12.1. The predicted octanol–water partition coefficient (Wildman–Crippen LogP) is 1.33. The number of carbonyl (C=O) groups excluding carboxylic acids is 1. The number of amides is 1. The fraction of sp³-hybridized carbons (Fsp3) is 0.385. The smallest absolute Gasteiger partial charge is 0.306 e. The van der Waals surface area contributed by atoms with Gasteiger partial charge in [0.1, 0.15) is 5.75 Å². The lowest BCUT2D eigenvalue weighted by atomic mass is 9.96. The van der Waals surface area contributed by atoms with Crippen LogP contribution in [0.1, 0.15) is 23.2 Å². The van der Waals surface area contributed by atoms with Crippen molar-refractivity contribution in [3.63, 3.8) is 0 Å². The molecule has 1 aromatic rings. The van der Waals surface area contributed by atoms with E-state index in [4.69, 9.17) is 5.11 Å². The summed E-state index contributed by atoms with van der Waals surface area (Å²) in [5.41, 5.74) is 0.434. The number of carbonyl (C=O) groups is 2. The van der Waals surface area contributed by atoms with Gasteiger partial charge in [-0.25, -0.2) is 0 Å². The number of hydrogen-bond acceptors (Lipinski definition) is 3. The van der Waals surface area contributed by atoms with Crippen LogP contribution >= 0.6 is 0 Å². The zero-order valence-corrected chi connectivity index (χ0v) is 9.87. The Hall–Kier alpha value is -2.04. The third kappa shape index (κ3) is 2.61. The number of benzene rings is 1. The van der Waals surface area contributed by atoms with Gasteiger partial charge < -0.3 is 15.1 Å². The van der Waals surface area contributed by atoms with Crippen molar-refractivity contribution in [3.8, 4) is 5.75 Å². The second-order valence-electron chi connectivity index (χ2n) is 4.46. The molecule has 0 spiro atoms. The molecule has 1 aliphatic heterocycles. The number of nitrogens with zero attached hydrogens (tertiary/aromatic N) is 1. The number of phenols is 1. The van der Waals surface area contributed by atoms with Crippen LogP contribution in [0.2, 0.25) is 0 Å². The summed E-state index contributed by atoms with van der Waals surface area (Å²) in [4.78, 5) is 24.5. The van der Waals surface area contributed by atoms with Crippen molar-refractivity contribution in [3.05, 3.63) is 29.8 Å². The number of phenolic OH excluding ortho intramolecular Hbond substituents is 1. The van der Waals surface area contributed by atoms with Crippen LogP contribution in [-0.2, 0) is 4.79 Å². The van der Waals surface area contributed by atoms with Crippen molar-refractivity contribution >= 4 is 11.9 Å². The number of carboxylic acids is 1. The summed E-state index contributed by atoms with van der Waals surface area (Å²) in [6.45, 7) is 0.900. The maximum Gasteiger partial charge on any atom is 0.306 e. The largest absolute Gasteiger partial charge is 0.508 e. The van der Waals surface area contributed by atoms with Crippen molar-refractivity contribution in [2.24, 2.45) is 5.92 Å². The van der Waals surface area contributed by atoms with Crippen molar-refractivity contribution in [1.29, 1.82) is 0 Å². The van der Waals surface area contributed by atoms with E-state index in [1.165, 1.54) is 12.1 Å². The minimum absolute atomic E-state index is 0.0567. The van der Waals surface area contributed by atoms with E-state index in [-0.39, 0.29) is 17.6 Å². The van der Waals surface area contributed by atoms with Crippen LogP contribution < -0.4 is 0 Å². The number of piperidine rings is 1. The molecule has 96 valence electrons. The summed E-state index contributed by atoms with van der Waals surface area (Å²) in [5.74, 6) is -1.24. The summed E-state index contributed by atoms with van der Waals surface area (Å²) in [5, 5.41) is 18.2. The first kappa shape index (κ1) is 12.4. The lowest BCUT2D eigenvalue weighted by Gasteiger charge is -2.30. The number of hydrogen-bond donors (Lipinski definition) is 2. The molecule has 5 nitrogen and oxygen atoms in total. The highest BCUT2D eigenvalue weighted by Gasteiger charge is 2.27. The van der Waals surface area contributed by atoms with Gasteiger partial charge in [0.2, 0.25) is 0 Å². The molecule has 18 heavy (non-hydrogen) atoms. The Kier molecular flexibility index (Phi) is 3.50. The minimum Gasteiger partial charge on any atom is -0.508 e. The van der Waals surface area contributed by atoms with Gasteiger partial charge in [0.05, 0.1) is 5.92 Å². The Morgan fingerprint density at radius 3 is 2.44 bits per heavy atom. The van der Waals surface area contributed by atoms with Crippen molar-refractivity contribution in [1.82, 2.24) is 4.90 Å². The van der Waals surface area contributed by atoms with Crippen LogP contribution in [0.5, 0.6) is 5.75 Å². The third-order valence-corrected chi connectivity index (χ3v) is 3.22. The highest BCUT2D eigenvalue weighted by Crippen LogP contribution is 2.20. The number of rotatable bonds is 2. The van der Waals surface area contributed by atoms with E-state index in [1.54, 1.807) is 17.0 Å². The highest BCUT2D eigenvalue weighted by atomic mass is 16.4. The Labute approximate surface area is 105 Å². The first-order valence-electron chi connectivity index (χ1n) is 5.89. The van der Waals surface area contributed by atoms with E-state index in [2.05, 4.69) is 0 Å². The average molecular weight is 249 g/mol. The molecule has 0 atom stereocenters. The second-order valence-corrected chi connectivity index (χ2v) is 4.46. The molecule has 0 unspecified atom stereocenters. The van der Waals surface area contributed by atoms with E-state index < -0.39 is 5.97 Å². The Bertz CT molecular complexity index is 464. The van der Waals surface area contributed by atoms with Gasteiger partial charge in [-0.15, -0.1) is 0 Å². The zero-order valence-electron chi connectivity index (χ0n) is 9.87. The van der Waals surface area contributed by atoms with Gasteiger partial charge in [-0.2, -0.15) is 0 Å². The zero-order chi connectivity index (χ0) is 13.1. The molecule has 2 rings (SSSR count). The number of carboxylic acid groups (broad SMARTS) is 1. The van der Waals surface area contributed by atoms with Crippen LogP contribution in [0.3, 0.4) is 0 Å². The second kappa shape index (κ2) is 5.08. The van der Waals surface area contributed by atoms with E-state index >= 15 is 0 Å². The highest BCUT2D eigenvalue weighted by molar-refractivity contribution is 5.94. The monoisotopic (exact) mass is 249 g/mol. The Morgan fingerprint density at radius 1 is 1.22 bits per heavy atom. The molecule has 1 amide bonds. The van der Waals surface area contributed by atoms with Gasteiger partial charge in [0, 0.05) is 18.7 Å². The normalized spacial score (nSPS) is 16.6. The molecule has 0 aromatic heterocycles. The van der Waals surface area contributed by atoms with E-state index in [0.29, 0.717) is 31.5 Å². The molecular weight excluding hydrogens is 234 g/mol. The van der Waals surface area contributed by atoms with Gasteiger partial charge >= 0.3 is 5.97 Å². The lowest BCUT2D eigenvalue weighted by molar-refractivity contribution is -0.143. The Morgan fingerprint density at radius 2 is 1.89 bits per heavy atom. The molecule has 1 saturated heterocycles. The standard InChI is InChI=1S/C13H15NO4/c15-11-3-1-2-10(8-11)12(16)14-6-4-9(5-7-14)13(17)18/h1-3,8-9,15H,4-7H2,(H,17,18). The minimum atomic E-state index is -0.792. The average Bonchev–Trinajstić information content (AvgIpc) is 2.38. The summed E-state index contributed by atoms with van der Waals surface area (Å²) in [6.07, 6.45) is 0.972. The van der Waals surface area contributed by atoms with Crippen LogP contribution in [-0.4, -0.2) is 40.1 Å². The predicted molar refractivity (Wildman–Crippen MR) is 64.4 cm³/mol. The molecular formula is C13H15NO4. The van der Waals surface area contributed by atoms with Gasteiger partial charge in [0.15, 0.2) is 0 Å². The van der Waals surface area contributed by atoms with Crippen LogP contribution in [0.15, 0.2) is 24.3 Å². The molecule has 0 radical (unpaired) electrons. The molecule has 2 N–H and O–H groups in total. The van der Waals surface area contributed by atoms with Crippen molar-refractivity contribution < 1.29 is 19.8 Å². The van der Waals surface area contributed by atoms with Gasteiger partial charge in [-0.3, -0.25) is 9.59 Å². The molecule has 1 heterocycles.